The minimum Gasteiger partial charge on any atom is -0.456 e. The molecule has 0 bridgehead atoms. The first-order valence-electron chi connectivity index (χ1n) is 5.42. The number of amides is 1. The van der Waals surface area contributed by atoms with Crippen molar-refractivity contribution in [3.8, 4) is 0 Å². The molecule has 16 heavy (non-hydrogen) atoms. The molecule has 0 aromatic carbocycles. The molecule has 1 saturated heterocycles. The molecule has 0 saturated carbocycles. The lowest BCUT2D eigenvalue weighted by Gasteiger charge is -2.26. The largest absolute Gasteiger partial charge is 0.456 e. The summed E-state index contributed by atoms with van der Waals surface area (Å²) < 4.78 is 5.46. The zero-order valence-corrected chi connectivity index (χ0v) is 10.2. The van der Waals surface area contributed by atoms with Gasteiger partial charge in [-0.25, -0.2) is 0 Å². The van der Waals surface area contributed by atoms with Gasteiger partial charge in [-0.05, 0) is 13.0 Å². The third kappa shape index (κ3) is 2.25. The first kappa shape index (κ1) is 11.5. The zero-order chi connectivity index (χ0) is 11.5. The van der Waals surface area contributed by atoms with Gasteiger partial charge in [0, 0.05) is 37.5 Å². The van der Waals surface area contributed by atoms with Gasteiger partial charge in [0.25, 0.3) is 5.91 Å². The molecule has 2 rings (SSSR count). The van der Waals surface area contributed by atoms with Crippen molar-refractivity contribution in [1.82, 2.24) is 10.2 Å². The summed E-state index contributed by atoms with van der Waals surface area (Å²) >= 11 is 4.19. The van der Waals surface area contributed by atoms with Crippen LogP contribution >= 0.6 is 12.6 Å². The fourth-order valence-electron chi connectivity index (χ4n) is 1.81. The summed E-state index contributed by atoms with van der Waals surface area (Å²) in [4.78, 5) is 13.9. The van der Waals surface area contributed by atoms with Gasteiger partial charge in [0.15, 0.2) is 5.76 Å². The highest BCUT2D eigenvalue weighted by molar-refractivity contribution is 7.79. The van der Waals surface area contributed by atoms with Crippen LogP contribution < -0.4 is 5.32 Å². The smallest absolute Gasteiger partial charge is 0.289 e. The summed E-state index contributed by atoms with van der Waals surface area (Å²) in [5.41, 5.74) is 0.988. The van der Waals surface area contributed by atoms with E-state index in [-0.39, 0.29) is 5.91 Å². The minimum absolute atomic E-state index is 0.0161. The Bertz CT molecular complexity index is 383. The summed E-state index contributed by atoms with van der Waals surface area (Å²) in [7, 11) is 0. The predicted octanol–water partition coefficient (Wildman–Crippen LogP) is 1.06. The van der Waals surface area contributed by atoms with Crippen LogP contribution in [0, 0.1) is 6.92 Å². The van der Waals surface area contributed by atoms with E-state index >= 15 is 0 Å². The highest BCUT2D eigenvalue weighted by Gasteiger charge is 2.21. The number of hydrogen-bond acceptors (Lipinski definition) is 4. The van der Waals surface area contributed by atoms with Crippen molar-refractivity contribution in [2.24, 2.45) is 0 Å². The Morgan fingerprint density at radius 1 is 1.56 bits per heavy atom. The molecule has 0 atom stereocenters. The molecular formula is C11H16N2O2S. The molecule has 1 fully saturated rings. The number of carbonyl (C=O) groups excluding carboxylic acids is 1. The molecule has 1 N–H and O–H groups in total. The second-order valence-electron chi connectivity index (χ2n) is 3.89. The van der Waals surface area contributed by atoms with Crippen LogP contribution in [0.1, 0.15) is 21.9 Å². The molecule has 0 unspecified atom stereocenters. The Hall–Kier alpha value is -0.940. The van der Waals surface area contributed by atoms with Crippen molar-refractivity contribution in [3.63, 3.8) is 0 Å². The predicted molar refractivity (Wildman–Crippen MR) is 64.9 cm³/mol. The molecular weight excluding hydrogens is 224 g/mol. The first-order valence-corrected chi connectivity index (χ1v) is 6.06. The number of nitrogens with zero attached hydrogens (tertiary/aromatic N) is 1. The molecule has 0 radical (unpaired) electrons. The van der Waals surface area contributed by atoms with Crippen LogP contribution in [0.3, 0.4) is 0 Å². The first-order chi connectivity index (χ1) is 7.72. The average Bonchev–Trinajstić information content (AvgIpc) is 2.71. The van der Waals surface area contributed by atoms with Crippen LogP contribution in [0.5, 0.6) is 0 Å². The Balaban J connectivity index is 2.13. The van der Waals surface area contributed by atoms with Crippen molar-refractivity contribution < 1.29 is 9.21 Å². The third-order valence-electron chi connectivity index (χ3n) is 2.81. The number of hydrogen-bond donors (Lipinski definition) is 2. The number of rotatable bonds is 2. The average molecular weight is 240 g/mol. The maximum absolute atomic E-state index is 12.1. The van der Waals surface area contributed by atoms with E-state index in [1.165, 1.54) is 0 Å². The van der Waals surface area contributed by atoms with E-state index in [4.69, 9.17) is 4.42 Å². The maximum Gasteiger partial charge on any atom is 0.289 e. The Labute approximate surface area is 100 Å². The van der Waals surface area contributed by atoms with Crippen LogP contribution in [0.4, 0.5) is 0 Å². The molecule has 1 aliphatic heterocycles. The quantitative estimate of drug-likeness (QED) is 0.760. The lowest BCUT2D eigenvalue weighted by molar-refractivity contribution is 0.0702. The number of piperazine rings is 1. The third-order valence-corrected chi connectivity index (χ3v) is 3.15. The van der Waals surface area contributed by atoms with Gasteiger partial charge in [-0.2, -0.15) is 12.6 Å². The Kier molecular flexibility index (Phi) is 3.56. The lowest BCUT2D eigenvalue weighted by Crippen LogP contribution is -2.46. The molecule has 1 aromatic rings. The molecule has 1 aromatic heterocycles. The molecule has 0 aliphatic carbocycles. The monoisotopic (exact) mass is 240 g/mol. The van der Waals surface area contributed by atoms with E-state index in [2.05, 4.69) is 17.9 Å². The Morgan fingerprint density at radius 3 is 2.81 bits per heavy atom. The molecule has 4 nitrogen and oxygen atoms in total. The van der Waals surface area contributed by atoms with E-state index in [9.17, 15) is 4.79 Å². The second-order valence-corrected chi connectivity index (χ2v) is 4.21. The molecule has 5 heteroatoms. The lowest BCUT2D eigenvalue weighted by atomic mass is 10.2. The number of thiol groups is 1. The van der Waals surface area contributed by atoms with Crippen LogP contribution in [-0.2, 0) is 5.75 Å². The standard InChI is InChI=1S/C11H16N2O2S/c1-8-9(7-16)6-10(15-8)11(14)13-4-2-12-3-5-13/h6,12,16H,2-5,7H2,1H3. The number of carbonyl (C=O) groups is 1. The summed E-state index contributed by atoms with van der Waals surface area (Å²) in [5.74, 6) is 1.80. The Morgan fingerprint density at radius 2 is 2.25 bits per heavy atom. The van der Waals surface area contributed by atoms with E-state index in [1.54, 1.807) is 6.07 Å². The van der Waals surface area contributed by atoms with Gasteiger partial charge in [0.1, 0.15) is 5.76 Å². The van der Waals surface area contributed by atoms with Crippen molar-refractivity contribution in [2.75, 3.05) is 26.2 Å². The summed E-state index contributed by atoms with van der Waals surface area (Å²) in [6.07, 6.45) is 0. The minimum atomic E-state index is -0.0161. The number of nitrogens with one attached hydrogen (secondary N) is 1. The van der Waals surface area contributed by atoms with Crippen LogP contribution in [-0.4, -0.2) is 37.0 Å². The topological polar surface area (TPSA) is 45.5 Å². The van der Waals surface area contributed by atoms with Gasteiger partial charge in [-0.1, -0.05) is 0 Å². The van der Waals surface area contributed by atoms with Gasteiger partial charge in [0.05, 0.1) is 0 Å². The molecule has 1 aliphatic rings. The van der Waals surface area contributed by atoms with Crippen LogP contribution in [0.2, 0.25) is 0 Å². The molecule has 88 valence electrons. The molecule has 1 amide bonds. The van der Waals surface area contributed by atoms with Gasteiger partial charge >= 0.3 is 0 Å². The molecule has 0 spiro atoms. The number of furan rings is 1. The number of aryl methyl sites for hydroxylation is 1. The highest BCUT2D eigenvalue weighted by Crippen LogP contribution is 2.18. The van der Waals surface area contributed by atoms with Crippen LogP contribution in [0.25, 0.3) is 0 Å². The van der Waals surface area contributed by atoms with Gasteiger partial charge in [0.2, 0.25) is 0 Å². The summed E-state index contributed by atoms with van der Waals surface area (Å²) in [6.45, 7) is 5.05. The van der Waals surface area contributed by atoms with Crippen molar-refractivity contribution >= 4 is 18.5 Å². The SMILES string of the molecule is Cc1oc(C(=O)N2CCNCC2)cc1CS. The fourth-order valence-corrected chi connectivity index (χ4v) is 2.12. The van der Waals surface area contributed by atoms with E-state index in [0.29, 0.717) is 11.5 Å². The fraction of sp³-hybridized carbons (Fsp3) is 0.545. The zero-order valence-electron chi connectivity index (χ0n) is 9.32. The summed E-state index contributed by atoms with van der Waals surface area (Å²) in [5, 5.41) is 3.21. The van der Waals surface area contributed by atoms with Crippen molar-refractivity contribution in [1.29, 1.82) is 0 Å². The maximum atomic E-state index is 12.1. The second kappa shape index (κ2) is 4.93. The molecule has 2 heterocycles. The van der Waals surface area contributed by atoms with Crippen molar-refractivity contribution in [2.45, 2.75) is 12.7 Å². The summed E-state index contributed by atoms with van der Waals surface area (Å²) in [6, 6.07) is 1.80. The van der Waals surface area contributed by atoms with Gasteiger partial charge < -0.3 is 14.6 Å². The van der Waals surface area contributed by atoms with Crippen LogP contribution in [0.15, 0.2) is 10.5 Å². The van der Waals surface area contributed by atoms with E-state index in [1.807, 2.05) is 11.8 Å². The van der Waals surface area contributed by atoms with Gasteiger partial charge in [-0.15, -0.1) is 0 Å². The van der Waals surface area contributed by atoms with E-state index < -0.39 is 0 Å². The van der Waals surface area contributed by atoms with Crippen molar-refractivity contribution in [3.05, 3.63) is 23.2 Å². The normalized spacial score (nSPS) is 16.5. The van der Waals surface area contributed by atoms with E-state index in [0.717, 1.165) is 37.5 Å². The van der Waals surface area contributed by atoms with Gasteiger partial charge in [-0.3, -0.25) is 4.79 Å². The highest BCUT2D eigenvalue weighted by atomic mass is 32.1.